The van der Waals surface area contributed by atoms with Crippen molar-refractivity contribution in [1.82, 2.24) is 0 Å². The number of aliphatic hydroxyl groups is 6. The summed E-state index contributed by atoms with van der Waals surface area (Å²) in [5.74, 6) is -1.42. The van der Waals surface area contributed by atoms with Gasteiger partial charge in [-0.25, -0.2) is 0 Å². The number of aliphatic hydroxyl groups excluding tert-OH is 6. The van der Waals surface area contributed by atoms with E-state index in [4.69, 9.17) is 18.6 Å². The molecule has 0 spiro atoms. The highest BCUT2D eigenvalue weighted by Crippen LogP contribution is 2.46. The Balaban J connectivity index is 1.59. The number of hydrogen-bond acceptors (Lipinski definition) is 14. The van der Waals surface area contributed by atoms with E-state index in [1.165, 1.54) is 31.2 Å². The maximum absolute atomic E-state index is 13.1. The Bertz CT molecular complexity index is 1460. The molecular weight excluding hydrogens is 548 g/mol. The van der Waals surface area contributed by atoms with Gasteiger partial charge in [0, 0.05) is 17.7 Å². The van der Waals surface area contributed by atoms with E-state index in [2.05, 4.69) is 0 Å². The molecule has 41 heavy (non-hydrogen) atoms. The van der Waals surface area contributed by atoms with Gasteiger partial charge in [-0.05, 0) is 31.2 Å². The Morgan fingerprint density at radius 3 is 2.20 bits per heavy atom. The minimum Gasteiger partial charge on any atom is -0.508 e. The summed E-state index contributed by atoms with van der Waals surface area (Å²) in [6, 6.07) is 7.85. The van der Waals surface area contributed by atoms with Crippen molar-refractivity contribution >= 4 is 11.0 Å². The Morgan fingerprint density at radius 2 is 1.54 bits per heavy atom. The first-order chi connectivity index (χ1) is 19.4. The number of hydrogen-bond donors (Lipinski definition) is 9. The Kier molecular flexibility index (Phi) is 7.95. The summed E-state index contributed by atoms with van der Waals surface area (Å²) in [7, 11) is 0. The summed E-state index contributed by atoms with van der Waals surface area (Å²) >= 11 is 0. The molecule has 0 saturated carbocycles. The lowest BCUT2D eigenvalue weighted by molar-refractivity contribution is -0.338. The molecule has 1 aromatic heterocycles. The van der Waals surface area contributed by atoms with Crippen LogP contribution in [0.25, 0.3) is 22.3 Å². The minimum absolute atomic E-state index is 0.0131. The highest BCUT2D eigenvalue weighted by atomic mass is 16.7. The maximum Gasteiger partial charge on any atom is 0.197 e. The van der Waals surface area contributed by atoms with Crippen molar-refractivity contribution in [1.29, 1.82) is 0 Å². The van der Waals surface area contributed by atoms with Crippen molar-refractivity contribution in [3.8, 4) is 28.6 Å². The second kappa shape index (κ2) is 11.2. The van der Waals surface area contributed by atoms with E-state index in [9.17, 15) is 50.8 Å². The third-order valence-corrected chi connectivity index (χ3v) is 7.41. The van der Waals surface area contributed by atoms with Crippen molar-refractivity contribution < 1.29 is 64.6 Å². The molecule has 222 valence electrons. The van der Waals surface area contributed by atoms with Crippen LogP contribution in [-0.2, 0) is 14.2 Å². The normalized spacial score (nSPS) is 34.1. The quantitative estimate of drug-likeness (QED) is 0.175. The largest absolute Gasteiger partial charge is 0.508 e. The van der Waals surface area contributed by atoms with Gasteiger partial charge in [0.05, 0.1) is 18.3 Å². The van der Waals surface area contributed by atoms with Gasteiger partial charge in [0.1, 0.15) is 82.8 Å². The second-order valence-corrected chi connectivity index (χ2v) is 10.1. The summed E-state index contributed by atoms with van der Waals surface area (Å²) in [6.07, 6.45) is -16.1. The lowest BCUT2D eigenvalue weighted by Gasteiger charge is -2.46. The standard InChI is InChI=1S/C27H30O14/c1-9-19(32)22(35)24(37)27(38-9)41-26-23(36)20(33)16(8-28)40-25(26)18-13(31)7-15-17(21(18)34)12(30)6-14(39-15)10-2-4-11(29)5-3-10/h2-7,9,16,19-20,22-29,31-37H,8H2,1H3/t9-,16+,19-,20+,22+,23-,24+,25-,26+,27-/m0/s1. The number of phenolic OH excluding ortho intramolecular Hbond substituents is 3. The van der Waals surface area contributed by atoms with Crippen LogP contribution in [0.4, 0.5) is 0 Å². The van der Waals surface area contributed by atoms with E-state index >= 15 is 0 Å². The molecule has 0 amide bonds. The lowest BCUT2D eigenvalue weighted by atomic mass is 9.89. The van der Waals surface area contributed by atoms with E-state index in [1.807, 2.05) is 0 Å². The van der Waals surface area contributed by atoms with Crippen LogP contribution in [0.3, 0.4) is 0 Å². The van der Waals surface area contributed by atoms with Crippen LogP contribution in [0.2, 0.25) is 0 Å². The monoisotopic (exact) mass is 578 g/mol. The zero-order valence-corrected chi connectivity index (χ0v) is 21.5. The zero-order valence-electron chi connectivity index (χ0n) is 21.5. The molecule has 14 nitrogen and oxygen atoms in total. The van der Waals surface area contributed by atoms with Gasteiger partial charge in [-0.1, -0.05) is 0 Å². The van der Waals surface area contributed by atoms with Crippen LogP contribution in [0.15, 0.2) is 45.6 Å². The Labute approximate surface area is 231 Å². The molecule has 9 N–H and O–H groups in total. The molecule has 0 radical (unpaired) electrons. The SMILES string of the molecule is C[C@@H]1O[C@@H](O[C@@H]2[C@@H](O)[C@H](O)[C@@H](CO)O[C@H]2c2c(O)cc3oc(-c4ccc(O)cc4)cc(=O)c3c2O)[C@H](O)[C@H](O)[C@H]1O. The minimum atomic E-state index is -1.86. The molecule has 2 fully saturated rings. The number of ether oxygens (including phenoxy) is 3. The van der Waals surface area contributed by atoms with E-state index in [0.717, 1.165) is 12.1 Å². The van der Waals surface area contributed by atoms with E-state index < -0.39 is 90.3 Å². The highest BCUT2D eigenvalue weighted by Gasteiger charge is 2.51. The van der Waals surface area contributed by atoms with Crippen molar-refractivity contribution in [2.75, 3.05) is 6.61 Å². The summed E-state index contributed by atoms with van der Waals surface area (Å²) in [4.78, 5) is 13.1. The van der Waals surface area contributed by atoms with Gasteiger partial charge in [-0.3, -0.25) is 4.79 Å². The fraction of sp³-hybridized carbons (Fsp3) is 0.444. The fourth-order valence-corrected chi connectivity index (χ4v) is 5.11. The van der Waals surface area contributed by atoms with Crippen molar-refractivity contribution in [2.45, 2.75) is 68.1 Å². The lowest BCUT2D eigenvalue weighted by Crippen LogP contribution is -2.61. The van der Waals surface area contributed by atoms with Gasteiger partial charge in [-0.2, -0.15) is 0 Å². The summed E-state index contributed by atoms with van der Waals surface area (Å²) in [6.45, 7) is 0.601. The maximum atomic E-state index is 13.1. The van der Waals surface area contributed by atoms with Crippen LogP contribution in [0, 0.1) is 0 Å². The molecule has 3 heterocycles. The highest BCUT2D eigenvalue weighted by molar-refractivity contribution is 5.88. The fourth-order valence-electron chi connectivity index (χ4n) is 5.11. The van der Waals surface area contributed by atoms with Crippen molar-refractivity contribution in [3.05, 3.63) is 52.2 Å². The van der Waals surface area contributed by atoms with Crippen molar-refractivity contribution in [3.63, 3.8) is 0 Å². The molecule has 3 aromatic rings. The molecular formula is C27H30O14. The summed E-state index contributed by atoms with van der Waals surface area (Å²) < 4.78 is 22.6. The average molecular weight is 579 g/mol. The zero-order chi connectivity index (χ0) is 29.7. The first-order valence-electron chi connectivity index (χ1n) is 12.7. The third kappa shape index (κ3) is 5.14. The topological polar surface area (TPSA) is 240 Å². The number of rotatable bonds is 5. The third-order valence-electron chi connectivity index (χ3n) is 7.41. The smallest absolute Gasteiger partial charge is 0.197 e. The van der Waals surface area contributed by atoms with Gasteiger partial charge in [0.25, 0.3) is 0 Å². The molecule has 2 aliphatic heterocycles. The van der Waals surface area contributed by atoms with Crippen molar-refractivity contribution in [2.24, 2.45) is 0 Å². The van der Waals surface area contributed by atoms with E-state index in [0.29, 0.717) is 5.56 Å². The molecule has 5 rings (SSSR count). The number of benzene rings is 2. The molecule has 2 saturated heterocycles. The summed E-state index contributed by atoms with van der Waals surface area (Å²) in [5.41, 5.74) is -0.985. The van der Waals surface area contributed by atoms with Crippen LogP contribution >= 0.6 is 0 Å². The number of aromatic hydroxyl groups is 3. The van der Waals surface area contributed by atoms with Gasteiger partial charge >= 0.3 is 0 Å². The van der Waals surface area contributed by atoms with Crippen LogP contribution in [0.1, 0.15) is 18.6 Å². The first kappa shape index (κ1) is 29.2. The van der Waals surface area contributed by atoms with Gasteiger partial charge in [0.2, 0.25) is 0 Å². The molecule has 0 aliphatic carbocycles. The molecule has 0 unspecified atom stereocenters. The van der Waals surface area contributed by atoms with Gasteiger partial charge in [0.15, 0.2) is 11.7 Å². The van der Waals surface area contributed by atoms with Crippen LogP contribution in [-0.4, -0.2) is 108 Å². The predicted molar refractivity (Wildman–Crippen MR) is 137 cm³/mol. The van der Waals surface area contributed by atoms with Crippen LogP contribution < -0.4 is 5.43 Å². The molecule has 14 heteroatoms. The van der Waals surface area contributed by atoms with Crippen LogP contribution in [0.5, 0.6) is 17.2 Å². The molecule has 0 bridgehead atoms. The van der Waals surface area contributed by atoms with E-state index in [1.54, 1.807) is 0 Å². The average Bonchev–Trinajstić information content (AvgIpc) is 2.93. The first-order valence-corrected chi connectivity index (χ1v) is 12.7. The predicted octanol–water partition coefficient (Wildman–Crippen LogP) is -1.06. The second-order valence-electron chi connectivity index (χ2n) is 10.1. The molecule has 2 aliphatic rings. The molecule has 2 aromatic carbocycles. The van der Waals surface area contributed by atoms with Gasteiger partial charge in [-0.15, -0.1) is 0 Å². The van der Waals surface area contributed by atoms with Gasteiger partial charge < -0.3 is 64.6 Å². The Morgan fingerprint density at radius 1 is 0.854 bits per heavy atom. The number of phenols is 3. The summed E-state index contributed by atoms with van der Waals surface area (Å²) in [5, 5.41) is 93.1. The molecule has 10 atom stereocenters. The Hall–Kier alpha value is -3.31. The number of fused-ring (bicyclic) bond motifs is 1. The van der Waals surface area contributed by atoms with E-state index in [-0.39, 0.29) is 22.5 Å².